The smallest absolute Gasteiger partial charge is 0.165 e. The molecule has 0 heterocycles. The van der Waals surface area contributed by atoms with Crippen LogP contribution in [0.1, 0.15) is 43.0 Å². The van der Waals surface area contributed by atoms with Gasteiger partial charge in [-0.3, -0.25) is 4.79 Å². The summed E-state index contributed by atoms with van der Waals surface area (Å²) >= 11 is 0. The van der Waals surface area contributed by atoms with Crippen molar-refractivity contribution in [3.05, 3.63) is 29.6 Å². The molecule has 0 bridgehead atoms. The zero-order valence-corrected chi connectivity index (χ0v) is 9.99. The number of halogens is 1. The second kappa shape index (κ2) is 5.30. The highest BCUT2D eigenvalue weighted by atomic mass is 19.1. The minimum Gasteiger partial charge on any atom is -0.487 e. The third kappa shape index (κ3) is 2.84. The molecule has 1 aliphatic rings. The Labute approximate surface area is 101 Å². The molecule has 0 amide bonds. The average Bonchev–Trinajstić information content (AvgIpc) is 2.32. The van der Waals surface area contributed by atoms with Crippen molar-refractivity contribution >= 4 is 6.29 Å². The van der Waals surface area contributed by atoms with Gasteiger partial charge < -0.3 is 4.74 Å². The van der Waals surface area contributed by atoms with Crippen molar-refractivity contribution in [1.29, 1.82) is 0 Å². The normalized spacial score (nSPS) is 24.4. The number of carbonyl (C=O) groups excluding carboxylic acids is 1. The summed E-state index contributed by atoms with van der Waals surface area (Å²) in [5.41, 5.74) is 0.295. The van der Waals surface area contributed by atoms with E-state index in [9.17, 15) is 9.18 Å². The van der Waals surface area contributed by atoms with Crippen LogP contribution in [-0.2, 0) is 0 Å². The van der Waals surface area contributed by atoms with Gasteiger partial charge in [-0.1, -0.05) is 19.4 Å². The van der Waals surface area contributed by atoms with Crippen molar-refractivity contribution in [3.8, 4) is 5.75 Å². The highest BCUT2D eigenvalue weighted by Gasteiger charge is 2.22. The number of hydrogen-bond acceptors (Lipinski definition) is 2. The molecule has 0 aliphatic heterocycles. The van der Waals surface area contributed by atoms with Crippen LogP contribution in [0, 0.1) is 11.7 Å². The van der Waals surface area contributed by atoms with Crippen molar-refractivity contribution in [2.24, 2.45) is 5.92 Å². The molecule has 1 fully saturated rings. The van der Waals surface area contributed by atoms with Crippen molar-refractivity contribution in [1.82, 2.24) is 0 Å². The number of benzene rings is 1. The molecule has 2 unspecified atom stereocenters. The van der Waals surface area contributed by atoms with Crippen LogP contribution < -0.4 is 4.74 Å². The molecule has 0 radical (unpaired) electrons. The first-order chi connectivity index (χ1) is 8.20. The number of para-hydroxylation sites is 1. The quantitative estimate of drug-likeness (QED) is 0.749. The second-order valence-corrected chi connectivity index (χ2v) is 4.79. The number of hydrogen-bond donors (Lipinski definition) is 0. The maximum absolute atomic E-state index is 13.6. The first kappa shape index (κ1) is 12.1. The molecule has 2 rings (SSSR count). The lowest BCUT2D eigenvalue weighted by atomic mass is 9.88. The predicted molar refractivity (Wildman–Crippen MR) is 63.8 cm³/mol. The van der Waals surface area contributed by atoms with E-state index in [0.29, 0.717) is 17.8 Å². The minimum absolute atomic E-state index is 0.0364. The molecule has 92 valence electrons. The fourth-order valence-electron chi connectivity index (χ4n) is 2.39. The number of rotatable bonds is 3. The van der Waals surface area contributed by atoms with Gasteiger partial charge in [0.25, 0.3) is 0 Å². The molecule has 0 aromatic heterocycles. The van der Waals surface area contributed by atoms with E-state index in [1.807, 2.05) is 0 Å². The number of carbonyl (C=O) groups is 1. The molecule has 1 saturated carbocycles. The summed E-state index contributed by atoms with van der Waals surface area (Å²) in [6.07, 6.45) is 4.87. The number of ether oxygens (including phenoxy) is 1. The summed E-state index contributed by atoms with van der Waals surface area (Å²) in [6.45, 7) is 2.18. The molecule has 3 heteroatoms. The van der Waals surface area contributed by atoms with E-state index in [2.05, 4.69) is 6.92 Å². The Balaban J connectivity index is 2.14. The molecule has 0 N–H and O–H groups in total. The second-order valence-electron chi connectivity index (χ2n) is 4.79. The van der Waals surface area contributed by atoms with Gasteiger partial charge in [0.15, 0.2) is 17.9 Å². The third-order valence-electron chi connectivity index (χ3n) is 3.30. The lowest BCUT2D eigenvalue weighted by molar-refractivity contribution is 0.108. The van der Waals surface area contributed by atoms with Crippen LogP contribution in [0.3, 0.4) is 0 Å². The molecule has 17 heavy (non-hydrogen) atoms. The lowest BCUT2D eigenvalue weighted by Crippen LogP contribution is -2.24. The lowest BCUT2D eigenvalue weighted by Gasteiger charge is -2.27. The summed E-state index contributed by atoms with van der Waals surface area (Å²) in [6, 6.07) is 4.43. The van der Waals surface area contributed by atoms with Crippen molar-refractivity contribution in [2.45, 2.75) is 38.7 Å². The summed E-state index contributed by atoms with van der Waals surface area (Å²) in [7, 11) is 0. The Kier molecular flexibility index (Phi) is 3.77. The van der Waals surface area contributed by atoms with Crippen LogP contribution in [-0.4, -0.2) is 12.4 Å². The van der Waals surface area contributed by atoms with Crippen LogP contribution >= 0.6 is 0 Å². The van der Waals surface area contributed by atoms with Gasteiger partial charge in [-0.15, -0.1) is 0 Å². The van der Waals surface area contributed by atoms with Gasteiger partial charge in [-0.05, 0) is 37.3 Å². The van der Waals surface area contributed by atoms with Gasteiger partial charge in [-0.2, -0.15) is 0 Å². The summed E-state index contributed by atoms with van der Waals surface area (Å²) in [5, 5.41) is 0. The average molecular weight is 236 g/mol. The van der Waals surface area contributed by atoms with E-state index in [0.717, 1.165) is 19.3 Å². The minimum atomic E-state index is -0.451. The maximum atomic E-state index is 13.6. The van der Waals surface area contributed by atoms with Gasteiger partial charge in [0.1, 0.15) is 0 Å². The molecule has 1 aliphatic carbocycles. The van der Waals surface area contributed by atoms with Gasteiger partial charge >= 0.3 is 0 Å². The summed E-state index contributed by atoms with van der Waals surface area (Å²) in [5.74, 6) is 0.273. The monoisotopic (exact) mass is 236 g/mol. The molecule has 0 saturated heterocycles. The van der Waals surface area contributed by atoms with Gasteiger partial charge in [0.05, 0.1) is 11.7 Å². The van der Waals surface area contributed by atoms with E-state index in [1.54, 1.807) is 6.07 Å². The first-order valence-corrected chi connectivity index (χ1v) is 6.11. The van der Waals surface area contributed by atoms with Crippen molar-refractivity contribution in [2.75, 3.05) is 0 Å². The standard InChI is InChI=1S/C14H17FO2/c1-10-4-2-6-12(8-10)17-14-11(9-16)5-3-7-13(14)15/h3,5,7,9-10,12H,2,4,6,8H2,1H3. The van der Waals surface area contributed by atoms with Crippen LogP contribution in [0.2, 0.25) is 0 Å². The summed E-state index contributed by atoms with van der Waals surface area (Å²) < 4.78 is 19.3. The third-order valence-corrected chi connectivity index (χ3v) is 3.30. The Bertz CT molecular complexity index is 403. The highest BCUT2D eigenvalue weighted by molar-refractivity contribution is 5.79. The summed E-state index contributed by atoms with van der Waals surface area (Å²) in [4.78, 5) is 10.8. The van der Waals surface area contributed by atoms with E-state index in [1.165, 1.54) is 18.6 Å². The van der Waals surface area contributed by atoms with Crippen molar-refractivity contribution < 1.29 is 13.9 Å². The highest BCUT2D eigenvalue weighted by Crippen LogP contribution is 2.30. The first-order valence-electron chi connectivity index (χ1n) is 6.11. The molecule has 1 aromatic carbocycles. The molecular weight excluding hydrogens is 219 g/mol. The van der Waals surface area contributed by atoms with E-state index in [4.69, 9.17) is 4.74 Å². The Morgan fingerprint density at radius 1 is 1.41 bits per heavy atom. The van der Waals surface area contributed by atoms with Gasteiger partial charge in [0, 0.05) is 0 Å². The van der Waals surface area contributed by atoms with Crippen LogP contribution in [0.5, 0.6) is 5.75 Å². The Morgan fingerprint density at radius 2 is 2.24 bits per heavy atom. The molecular formula is C14H17FO2. The van der Waals surface area contributed by atoms with Gasteiger partial charge in [-0.25, -0.2) is 4.39 Å². The van der Waals surface area contributed by atoms with Crippen molar-refractivity contribution in [3.63, 3.8) is 0 Å². The van der Waals surface area contributed by atoms with Crippen LogP contribution in [0.25, 0.3) is 0 Å². The number of aldehydes is 1. The maximum Gasteiger partial charge on any atom is 0.165 e. The van der Waals surface area contributed by atoms with E-state index >= 15 is 0 Å². The molecule has 0 spiro atoms. The molecule has 2 nitrogen and oxygen atoms in total. The predicted octanol–water partition coefficient (Wildman–Crippen LogP) is 3.60. The molecule has 1 aromatic rings. The SMILES string of the molecule is CC1CCCC(Oc2c(F)cccc2C=O)C1. The fourth-order valence-corrected chi connectivity index (χ4v) is 2.39. The molecule has 2 atom stereocenters. The zero-order chi connectivity index (χ0) is 12.3. The fraction of sp³-hybridized carbons (Fsp3) is 0.500. The Morgan fingerprint density at radius 3 is 2.94 bits per heavy atom. The van der Waals surface area contributed by atoms with Gasteiger partial charge in [0.2, 0.25) is 0 Å². The largest absolute Gasteiger partial charge is 0.487 e. The van der Waals surface area contributed by atoms with E-state index < -0.39 is 5.82 Å². The Hall–Kier alpha value is -1.38. The van der Waals surface area contributed by atoms with Crippen LogP contribution in [0.15, 0.2) is 18.2 Å². The topological polar surface area (TPSA) is 26.3 Å². The van der Waals surface area contributed by atoms with Crippen LogP contribution in [0.4, 0.5) is 4.39 Å². The zero-order valence-electron chi connectivity index (χ0n) is 9.99. The van der Waals surface area contributed by atoms with E-state index in [-0.39, 0.29) is 11.9 Å².